The van der Waals surface area contributed by atoms with Crippen molar-refractivity contribution in [2.75, 3.05) is 72.4 Å². The van der Waals surface area contributed by atoms with Crippen LogP contribution in [-0.2, 0) is 20.8 Å². The minimum absolute atomic E-state index is 0.654. The van der Waals surface area contributed by atoms with E-state index in [-0.39, 0.29) is 0 Å². The molecule has 1 fully saturated rings. The van der Waals surface area contributed by atoms with E-state index in [0.717, 1.165) is 58.9 Å². The van der Waals surface area contributed by atoms with Gasteiger partial charge in [-0.3, -0.25) is 9.80 Å². The lowest BCUT2D eigenvalue weighted by molar-refractivity contribution is 0.00739. The molecule has 1 aliphatic rings. The zero-order valence-corrected chi connectivity index (χ0v) is 19.6. The molecule has 0 saturated carbocycles. The van der Waals surface area contributed by atoms with Gasteiger partial charge in [-0.15, -0.1) is 0 Å². The summed E-state index contributed by atoms with van der Waals surface area (Å²) in [6.07, 6.45) is 3.50. The summed E-state index contributed by atoms with van der Waals surface area (Å²) in [4.78, 5) is 5.07. The highest BCUT2D eigenvalue weighted by Crippen LogP contribution is 2.19. The van der Waals surface area contributed by atoms with Gasteiger partial charge in [-0.1, -0.05) is 51.5 Å². The molecule has 1 aromatic rings. The average molecular weight is 421 g/mol. The summed E-state index contributed by atoms with van der Waals surface area (Å²) in [5.74, 6) is 0.654. The molecule has 0 spiro atoms. The summed E-state index contributed by atoms with van der Waals surface area (Å²) in [7, 11) is 0. The van der Waals surface area contributed by atoms with Gasteiger partial charge in [-0.2, -0.15) is 0 Å². The first-order valence-corrected chi connectivity index (χ1v) is 12.0. The fourth-order valence-electron chi connectivity index (χ4n) is 3.60. The third kappa shape index (κ3) is 10.4. The topological polar surface area (TPSA) is 34.2 Å². The van der Waals surface area contributed by atoms with Crippen LogP contribution in [0.1, 0.15) is 57.1 Å². The standard InChI is InChI=1S/C25H44N2O3/c1-4-6-16-28-18-20-30-21-19-29-17-15-26-11-13-27(14-12-26)22-24-7-9-25(10-8-24)23(3)5-2/h7-10,23H,4-6,11-22H2,1-3H3. The van der Waals surface area contributed by atoms with Gasteiger partial charge in [0.2, 0.25) is 0 Å². The number of nitrogens with zero attached hydrogens (tertiary/aromatic N) is 2. The molecular formula is C25H44N2O3. The van der Waals surface area contributed by atoms with Crippen molar-refractivity contribution in [2.45, 2.75) is 52.5 Å². The van der Waals surface area contributed by atoms with Crippen LogP contribution in [0.4, 0.5) is 0 Å². The Bertz CT molecular complexity index is 530. The number of ether oxygens (including phenoxy) is 3. The predicted octanol–water partition coefficient (Wildman–Crippen LogP) is 4.17. The first-order chi connectivity index (χ1) is 14.7. The van der Waals surface area contributed by atoms with E-state index in [1.165, 1.54) is 24.0 Å². The normalized spacial score (nSPS) is 16.8. The second kappa shape index (κ2) is 15.8. The molecule has 30 heavy (non-hydrogen) atoms. The van der Waals surface area contributed by atoms with Crippen LogP contribution in [-0.4, -0.2) is 82.2 Å². The van der Waals surface area contributed by atoms with E-state index in [9.17, 15) is 0 Å². The molecule has 0 aliphatic carbocycles. The summed E-state index contributed by atoms with van der Waals surface area (Å²) in [5, 5.41) is 0. The van der Waals surface area contributed by atoms with Crippen LogP contribution < -0.4 is 0 Å². The number of rotatable bonds is 16. The molecule has 0 aromatic heterocycles. The van der Waals surface area contributed by atoms with Gasteiger partial charge in [0.1, 0.15) is 0 Å². The lowest BCUT2D eigenvalue weighted by Crippen LogP contribution is -2.46. The molecule has 1 aliphatic heterocycles. The fraction of sp³-hybridized carbons (Fsp3) is 0.760. The Labute approximate surface area is 184 Å². The second-order valence-corrected chi connectivity index (χ2v) is 8.36. The van der Waals surface area contributed by atoms with Crippen molar-refractivity contribution in [3.05, 3.63) is 35.4 Å². The van der Waals surface area contributed by atoms with E-state index in [4.69, 9.17) is 14.2 Å². The number of hydrogen-bond donors (Lipinski definition) is 0. The van der Waals surface area contributed by atoms with Gasteiger partial charge in [-0.25, -0.2) is 0 Å². The molecule has 1 aromatic carbocycles. The first-order valence-electron chi connectivity index (χ1n) is 12.0. The summed E-state index contributed by atoms with van der Waals surface area (Å²) >= 11 is 0. The van der Waals surface area contributed by atoms with E-state index in [1.54, 1.807) is 0 Å². The minimum Gasteiger partial charge on any atom is -0.379 e. The van der Waals surface area contributed by atoms with Crippen molar-refractivity contribution < 1.29 is 14.2 Å². The molecule has 172 valence electrons. The maximum atomic E-state index is 5.72. The van der Waals surface area contributed by atoms with Gasteiger partial charge in [0.15, 0.2) is 0 Å². The van der Waals surface area contributed by atoms with Crippen LogP contribution in [0.3, 0.4) is 0 Å². The lowest BCUT2D eigenvalue weighted by Gasteiger charge is -2.34. The van der Waals surface area contributed by atoms with Gasteiger partial charge in [0, 0.05) is 45.9 Å². The maximum absolute atomic E-state index is 5.72. The van der Waals surface area contributed by atoms with Crippen LogP contribution in [0.25, 0.3) is 0 Å². The fourth-order valence-corrected chi connectivity index (χ4v) is 3.60. The van der Waals surface area contributed by atoms with Crippen molar-refractivity contribution >= 4 is 0 Å². The Morgan fingerprint density at radius 2 is 1.33 bits per heavy atom. The highest BCUT2D eigenvalue weighted by atomic mass is 16.5. The smallest absolute Gasteiger partial charge is 0.0701 e. The molecule has 0 amide bonds. The molecule has 5 nitrogen and oxygen atoms in total. The number of piperazine rings is 1. The van der Waals surface area contributed by atoms with Gasteiger partial charge >= 0.3 is 0 Å². The maximum Gasteiger partial charge on any atom is 0.0701 e. The molecule has 0 N–H and O–H groups in total. The average Bonchev–Trinajstić information content (AvgIpc) is 2.78. The molecule has 0 radical (unpaired) electrons. The number of unbranched alkanes of at least 4 members (excludes halogenated alkanes) is 1. The van der Waals surface area contributed by atoms with Crippen LogP contribution >= 0.6 is 0 Å². The Morgan fingerprint density at radius 3 is 1.93 bits per heavy atom. The molecule has 1 saturated heterocycles. The van der Waals surface area contributed by atoms with E-state index >= 15 is 0 Å². The van der Waals surface area contributed by atoms with Crippen molar-refractivity contribution in [2.24, 2.45) is 0 Å². The van der Waals surface area contributed by atoms with Crippen LogP contribution in [0.15, 0.2) is 24.3 Å². The van der Waals surface area contributed by atoms with Crippen molar-refractivity contribution in [3.8, 4) is 0 Å². The van der Waals surface area contributed by atoms with Crippen molar-refractivity contribution in [1.29, 1.82) is 0 Å². The number of hydrogen-bond acceptors (Lipinski definition) is 5. The zero-order valence-electron chi connectivity index (χ0n) is 19.6. The molecule has 1 atom stereocenters. The molecule has 5 heteroatoms. The van der Waals surface area contributed by atoms with Crippen molar-refractivity contribution in [3.63, 3.8) is 0 Å². The summed E-state index contributed by atoms with van der Waals surface area (Å²) in [5.41, 5.74) is 2.88. The lowest BCUT2D eigenvalue weighted by atomic mass is 9.97. The van der Waals surface area contributed by atoms with Crippen LogP contribution in [0.2, 0.25) is 0 Å². The molecule has 1 unspecified atom stereocenters. The highest BCUT2D eigenvalue weighted by Gasteiger charge is 2.16. The second-order valence-electron chi connectivity index (χ2n) is 8.36. The zero-order chi connectivity index (χ0) is 21.4. The summed E-state index contributed by atoms with van der Waals surface area (Å²) in [6.45, 7) is 17.6. The summed E-state index contributed by atoms with van der Waals surface area (Å²) < 4.78 is 16.7. The third-order valence-electron chi connectivity index (χ3n) is 5.97. The molecule has 2 rings (SSSR count). The van der Waals surface area contributed by atoms with Gasteiger partial charge in [-0.05, 0) is 29.9 Å². The number of benzene rings is 1. The molecular weight excluding hydrogens is 376 g/mol. The molecule has 0 bridgehead atoms. The Balaban J connectivity index is 1.46. The molecule has 1 heterocycles. The Kier molecular flexibility index (Phi) is 13.3. The third-order valence-corrected chi connectivity index (χ3v) is 5.97. The monoisotopic (exact) mass is 420 g/mol. The van der Waals surface area contributed by atoms with E-state index in [1.807, 2.05) is 0 Å². The highest BCUT2D eigenvalue weighted by molar-refractivity contribution is 5.25. The van der Waals surface area contributed by atoms with E-state index in [0.29, 0.717) is 32.3 Å². The Hall–Kier alpha value is -0.980. The van der Waals surface area contributed by atoms with Gasteiger partial charge in [0.05, 0.1) is 33.0 Å². The minimum atomic E-state index is 0.654. The van der Waals surface area contributed by atoms with Crippen LogP contribution in [0, 0.1) is 0 Å². The van der Waals surface area contributed by atoms with Gasteiger partial charge in [0.25, 0.3) is 0 Å². The van der Waals surface area contributed by atoms with Gasteiger partial charge < -0.3 is 14.2 Å². The van der Waals surface area contributed by atoms with Crippen LogP contribution in [0.5, 0.6) is 0 Å². The van der Waals surface area contributed by atoms with E-state index in [2.05, 4.69) is 54.8 Å². The predicted molar refractivity (Wildman–Crippen MR) is 124 cm³/mol. The summed E-state index contributed by atoms with van der Waals surface area (Å²) in [6, 6.07) is 9.23. The van der Waals surface area contributed by atoms with E-state index < -0.39 is 0 Å². The van der Waals surface area contributed by atoms with Crippen molar-refractivity contribution in [1.82, 2.24) is 9.80 Å². The quantitative estimate of drug-likeness (QED) is 0.375. The first kappa shape index (κ1) is 25.3. The largest absolute Gasteiger partial charge is 0.379 e. The Morgan fingerprint density at radius 1 is 0.767 bits per heavy atom. The SMILES string of the molecule is CCCCOCCOCCOCCN1CCN(Cc2ccc(C(C)CC)cc2)CC1.